The molecule has 3 heteroatoms. The van der Waals surface area contributed by atoms with Crippen molar-refractivity contribution in [3.05, 3.63) is 0 Å². The molecule has 2 aliphatic heterocycles. The van der Waals surface area contributed by atoms with Gasteiger partial charge in [-0.1, -0.05) is 19.8 Å². The van der Waals surface area contributed by atoms with Gasteiger partial charge in [-0.05, 0) is 51.7 Å². The van der Waals surface area contributed by atoms with Crippen molar-refractivity contribution < 1.29 is 4.74 Å². The van der Waals surface area contributed by atoms with Crippen LogP contribution in [-0.2, 0) is 4.74 Å². The fraction of sp³-hybridized carbons (Fsp3) is 1.00. The Balaban J connectivity index is 1.78. The largest absolute Gasteiger partial charge is 0.381 e. The second-order valence-corrected chi connectivity index (χ2v) is 6.41. The molecule has 2 heterocycles. The van der Waals surface area contributed by atoms with E-state index >= 15 is 0 Å². The predicted octanol–water partition coefficient (Wildman–Crippen LogP) is 2.51. The summed E-state index contributed by atoms with van der Waals surface area (Å²) < 4.78 is 5.68. The minimum absolute atomic E-state index is 0.656. The maximum atomic E-state index is 5.68. The summed E-state index contributed by atoms with van der Waals surface area (Å²) in [5.74, 6) is 1.67. The quantitative estimate of drug-likeness (QED) is 0.829. The first-order chi connectivity index (χ1) is 9.33. The molecule has 2 fully saturated rings. The van der Waals surface area contributed by atoms with E-state index < -0.39 is 0 Å². The molecule has 112 valence electrons. The molecule has 2 saturated heterocycles. The Labute approximate surface area is 119 Å². The van der Waals surface area contributed by atoms with Crippen LogP contribution in [0.25, 0.3) is 0 Å². The standard InChI is InChI=1S/C16H32N2O/c1-3-5-14-6-4-9-18(10-7-14)12-15-13-19-11-8-16(15)17-2/h14-17H,3-13H2,1-2H3. The first-order valence-electron chi connectivity index (χ1n) is 8.30. The summed E-state index contributed by atoms with van der Waals surface area (Å²) in [5, 5.41) is 3.48. The van der Waals surface area contributed by atoms with Crippen LogP contribution in [0.2, 0.25) is 0 Å². The first-order valence-corrected chi connectivity index (χ1v) is 8.30. The van der Waals surface area contributed by atoms with Gasteiger partial charge >= 0.3 is 0 Å². The zero-order chi connectivity index (χ0) is 13.5. The average Bonchev–Trinajstić information content (AvgIpc) is 2.66. The Morgan fingerprint density at radius 1 is 1.21 bits per heavy atom. The predicted molar refractivity (Wildman–Crippen MR) is 80.5 cm³/mol. The van der Waals surface area contributed by atoms with Gasteiger partial charge in [-0.2, -0.15) is 0 Å². The Kier molecular flexibility index (Phi) is 6.62. The zero-order valence-electron chi connectivity index (χ0n) is 12.9. The van der Waals surface area contributed by atoms with E-state index in [9.17, 15) is 0 Å². The summed E-state index contributed by atoms with van der Waals surface area (Å²) in [6.45, 7) is 8.02. The Morgan fingerprint density at radius 2 is 2.11 bits per heavy atom. The van der Waals surface area contributed by atoms with Gasteiger partial charge in [0, 0.05) is 25.1 Å². The van der Waals surface area contributed by atoms with E-state index in [0.29, 0.717) is 12.0 Å². The van der Waals surface area contributed by atoms with Crippen molar-refractivity contribution in [1.29, 1.82) is 0 Å². The molecular weight excluding hydrogens is 236 g/mol. The van der Waals surface area contributed by atoms with Gasteiger partial charge in [0.1, 0.15) is 0 Å². The normalized spacial score (nSPS) is 34.1. The molecular formula is C16H32N2O. The molecule has 3 unspecified atom stereocenters. The van der Waals surface area contributed by atoms with Crippen LogP contribution in [0.3, 0.4) is 0 Å². The van der Waals surface area contributed by atoms with Crippen molar-refractivity contribution >= 4 is 0 Å². The lowest BCUT2D eigenvalue weighted by molar-refractivity contribution is 0.0187. The van der Waals surface area contributed by atoms with Gasteiger partial charge in [0.2, 0.25) is 0 Å². The van der Waals surface area contributed by atoms with Crippen LogP contribution in [0.5, 0.6) is 0 Å². The minimum atomic E-state index is 0.656. The van der Waals surface area contributed by atoms with Crippen LogP contribution in [-0.4, -0.2) is 50.8 Å². The molecule has 19 heavy (non-hydrogen) atoms. The molecule has 2 rings (SSSR count). The number of ether oxygens (including phenoxy) is 1. The molecule has 0 aromatic carbocycles. The Hall–Kier alpha value is -0.120. The van der Waals surface area contributed by atoms with E-state index in [4.69, 9.17) is 4.74 Å². The molecule has 2 aliphatic rings. The van der Waals surface area contributed by atoms with Crippen molar-refractivity contribution in [2.24, 2.45) is 11.8 Å². The summed E-state index contributed by atoms with van der Waals surface area (Å²) in [4.78, 5) is 2.69. The number of nitrogens with one attached hydrogen (secondary N) is 1. The molecule has 0 aromatic rings. The molecule has 0 saturated carbocycles. The van der Waals surface area contributed by atoms with E-state index in [1.807, 2.05) is 0 Å². The minimum Gasteiger partial charge on any atom is -0.381 e. The number of hydrogen-bond donors (Lipinski definition) is 1. The Bertz CT molecular complexity index is 247. The third-order valence-corrected chi connectivity index (χ3v) is 4.97. The highest BCUT2D eigenvalue weighted by molar-refractivity contribution is 4.82. The van der Waals surface area contributed by atoms with Gasteiger partial charge in [0.05, 0.1) is 6.61 Å². The molecule has 3 atom stereocenters. The highest BCUT2D eigenvalue weighted by Gasteiger charge is 2.27. The molecule has 0 radical (unpaired) electrons. The smallest absolute Gasteiger partial charge is 0.0521 e. The molecule has 1 N–H and O–H groups in total. The molecule has 0 spiro atoms. The molecule has 0 amide bonds. The first kappa shape index (κ1) is 15.3. The highest BCUT2D eigenvalue weighted by Crippen LogP contribution is 2.23. The molecule has 0 aromatic heterocycles. The lowest BCUT2D eigenvalue weighted by atomic mass is 9.95. The van der Waals surface area contributed by atoms with E-state index in [2.05, 4.69) is 24.2 Å². The maximum absolute atomic E-state index is 5.68. The molecule has 0 bridgehead atoms. The lowest BCUT2D eigenvalue weighted by Gasteiger charge is -2.35. The Morgan fingerprint density at radius 3 is 2.89 bits per heavy atom. The SMILES string of the molecule is CCCC1CCCN(CC2COCCC2NC)CC1. The van der Waals surface area contributed by atoms with E-state index in [1.165, 1.54) is 58.2 Å². The summed E-state index contributed by atoms with van der Waals surface area (Å²) in [6, 6.07) is 0.656. The van der Waals surface area contributed by atoms with Crippen LogP contribution in [0, 0.1) is 11.8 Å². The van der Waals surface area contributed by atoms with Crippen LogP contribution in [0.1, 0.15) is 45.4 Å². The summed E-state index contributed by atoms with van der Waals surface area (Å²) in [6.07, 6.45) is 8.20. The van der Waals surface area contributed by atoms with Gasteiger partial charge < -0.3 is 15.0 Å². The summed E-state index contributed by atoms with van der Waals surface area (Å²) >= 11 is 0. The van der Waals surface area contributed by atoms with Crippen molar-refractivity contribution in [2.45, 2.75) is 51.5 Å². The van der Waals surface area contributed by atoms with Crippen molar-refractivity contribution in [1.82, 2.24) is 10.2 Å². The van der Waals surface area contributed by atoms with Crippen LogP contribution in [0.4, 0.5) is 0 Å². The third kappa shape index (κ3) is 4.73. The van der Waals surface area contributed by atoms with Crippen LogP contribution in [0.15, 0.2) is 0 Å². The van der Waals surface area contributed by atoms with Crippen molar-refractivity contribution in [3.63, 3.8) is 0 Å². The zero-order valence-corrected chi connectivity index (χ0v) is 12.9. The molecule has 3 nitrogen and oxygen atoms in total. The van der Waals surface area contributed by atoms with Gasteiger partial charge in [0.15, 0.2) is 0 Å². The second kappa shape index (κ2) is 8.23. The number of rotatable bonds is 5. The monoisotopic (exact) mass is 268 g/mol. The summed E-state index contributed by atoms with van der Waals surface area (Å²) in [7, 11) is 2.10. The van der Waals surface area contributed by atoms with Crippen molar-refractivity contribution in [3.8, 4) is 0 Å². The van der Waals surface area contributed by atoms with E-state index in [0.717, 1.165) is 19.1 Å². The lowest BCUT2D eigenvalue weighted by Crippen LogP contribution is -2.46. The number of hydrogen-bond acceptors (Lipinski definition) is 3. The van der Waals surface area contributed by atoms with Crippen LogP contribution >= 0.6 is 0 Å². The second-order valence-electron chi connectivity index (χ2n) is 6.41. The van der Waals surface area contributed by atoms with Gasteiger partial charge in [-0.15, -0.1) is 0 Å². The van der Waals surface area contributed by atoms with Gasteiger partial charge in [-0.25, -0.2) is 0 Å². The van der Waals surface area contributed by atoms with Gasteiger partial charge in [-0.3, -0.25) is 0 Å². The maximum Gasteiger partial charge on any atom is 0.0521 e. The highest BCUT2D eigenvalue weighted by atomic mass is 16.5. The number of likely N-dealkylation sites (tertiary alicyclic amines) is 1. The van der Waals surface area contributed by atoms with Crippen molar-refractivity contribution in [2.75, 3.05) is 39.9 Å². The number of nitrogens with zero attached hydrogens (tertiary/aromatic N) is 1. The van der Waals surface area contributed by atoms with Crippen LogP contribution < -0.4 is 5.32 Å². The van der Waals surface area contributed by atoms with Gasteiger partial charge in [0.25, 0.3) is 0 Å². The fourth-order valence-corrected chi connectivity index (χ4v) is 3.79. The van der Waals surface area contributed by atoms with E-state index in [-0.39, 0.29) is 0 Å². The third-order valence-electron chi connectivity index (χ3n) is 4.97. The summed E-state index contributed by atoms with van der Waals surface area (Å²) in [5.41, 5.74) is 0. The topological polar surface area (TPSA) is 24.5 Å². The fourth-order valence-electron chi connectivity index (χ4n) is 3.79. The van der Waals surface area contributed by atoms with E-state index in [1.54, 1.807) is 0 Å². The average molecular weight is 268 g/mol. The molecule has 0 aliphatic carbocycles.